The van der Waals surface area contributed by atoms with Crippen LogP contribution in [0.2, 0.25) is 0 Å². The minimum absolute atomic E-state index is 0.141. The standard InChI is InChI=1S/C23H30N4O3S/c1-31-14-12-19(27-22(29)15-7-2-3-8-16(15)23(27)30)21(28)24-13-6-11-20-25-17-9-4-5-10-18(17)26-20/h4-5,9-10,15-16,19H,2-3,6-8,11-14H2,1H3,(H,24,28)(H,25,26)/t15-,16-,19+/m0/s1. The molecule has 2 fully saturated rings. The number of nitrogens with one attached hydrogen (secondary N) is 2. The molecule has 1 saturated heterocycles. The maximum atomic E-state index is 13.0. The van der Waals surface area contributed by atoms with Gasteiger partial charge in [-0.1, -0.05) is 25.0 Å². The largest absolute Gasteiger partial charge is 0.354 e. The number of fused-ring (bicyclic) bond motifs is 2. The molecule has 2 N–H and O–H groups in total. The molecule has 3 atom stereocenters. The highest BCUT2D eigenvalue weighted by atomic mass is 32.2. The Kier molecular flexibility index (Phi) is 6.95. The van der Waals surface area contributed by atoms with Gasteiger partial charge in [0.15, 0.2) is 0 Å². The molecule has 8 heteroatoms. The summed E-state index contributed by atoms with van der Waals surface area (Å²) in [5, 5.41) is 2.96. The third kappa shape index (κ3) is 4.63. The van der Waals surface area contributed by atoms with Gasteiger partial charge in [-0.3, -0.25) is 19.3 Å². The van der Waals surface area contributed by atoms with Crippen molar-refractivity contribution >= 4 is 40.5 Å². The number of hydrogen-bond acceptors (Lipinski definition) is 5. The molecule has 0 unspecified atom stereocenters. The SMILES string of the molecule is CSCC[C@H](C(=O)NCCCc1nc2ccccc2[nH]1)N1C(=O)[C@H]2CCCC[C@@H]2C1=O. The van der Waals surface area contributed by atoms with Crippen LogP contribution in [0.3, 0.4) is 0 Å². The Morgan fingerprint density at radius 2 is 1.94 bits per heavy atom. The van der Waals surface area contributed by atoms with E-state index in [4.69, 9.17) is 0 Å². The molecule has 0 radical (unpaired) electrons. The highest BCUT2D eigenvalue weighted by Gasteiger charge is 2.51. The Morgan fingerprint density at radius 3 is 2.61 bits per heavy atom. The van der Waals surface area contributed by atoms with Gasteiger partial charge in [-0.25, -0.2) is 4.98 Å². The van der Waals surface area contributed by atoms with Crippen LogP contribution in [0.15, 0.2) is 24.3 Å². The molecule has 1 aliphatic heterocycles. The summed E-state index contributed by atoms with van der Waals surface area (Å²) >= 11 is 1.62. The molecule has 3 amide bonds. The van der Waals surface area contributed by atoms with E-state index in [1.807, 2.05) is 30.5 Å². The average molecular weight is 443 g/mol. The van der Waals surface area contributed by atoms with Crippen molar-refractivity contribution in [3.63, 3.8) is 0 Å². The van der Waals surface area contributed by atoms with Gasteiger partial charge in [0.2, 0.25) is 17.7 Å². The predicted octanol–water partition coefficient (Wildman–Crippen LogP) is 2.91. The molecule has 1 aromatic heterocycles. The summed E-state index contributed by atoms with van der Waals surface area (Å²) in [4.78, 5) is 48.1. The van der Waals surface area contributed by atoms with E-state index in [1.54, 1.807) is 11.8 Å². The third-order valence-electron chi connectivity index (χ3n) is 6.41. The number of nitrogens with zero attached hydrogens (tertiary/aromatic N) is 2. The molecule has 2 heterocycles. The summed E-state index contributed by atoms with van der Waals surface area (Å²) in [6.45, 7) is 0.481. The second-order valence-electron chi connectivity index (χ2n) is 8.44. The van der Waals surface area contributed by atoms with Gasteiger partial charge in [-0.05, 0) is 49.8 Å². The van der Waals surface area contributed by atoms with Crippen LogP contribution in [0.4, 0.5) is 0 Å². The van der Waals surface area contributed by atoms with Crippen LogP contribution in [0.1, 0.15) is 44.3 Å². The number of aryl methyl sites for hydroxylation is 1. The number of carbonyl (C=O) groups excluding carboxylic acids is 3. The topological polar surface area (TPSA) is 95.2 Å². The zero-order valence-electron chi connectivity index (χ0n) is 17.9. The number of hydrogen-bond donors (Lipinski definition) is 2. The van der Waals surface area contributed by atoms with Crippen LogP contribution in [0, 0.1) is 11.8 Å². The van der Waals surface area contributed by atoms with Gasteiger partial charge >= 0.3 is 0 Å². The van der Waals surface area contributed by atoms with Crippen molar-refractivity contribution in [1.29, 1.82) is 0 Å². The van der Waals surface area contributed by atoms with Crippen molar-refractivity contribution in [2.24, 2.45) is 11.8 Å². The summed E-state index contributed by atoms with van der Waals surface area (Å²) < 4.78 is 0. The summed E-state index contributed by atoms with van der Waals surface area (Å²) in [5.74, 6) is 0.667. The minimum atomic E-state index is -0.704. The van der Waals surface area contributed by atoms with E-state index in [0.29, 0.717) is 13.0 Å². The number of para-hydroxylation sites is 2. The highest BCUT2D eigenvalue weighted by molar-refractivity contribution is 7.98. The molecule has 0 spiro atoms. The lowest BCUT2D eigenvalue weighted by atomic mass is 9.81. The van der Waals surface area contributed by atoms with E-state index in [0.717, 1.165) is 61.1 Å². The van der Waals surface area contributed by atoms with Crippen LogP contribution in [0.5, 0.6) is 0 Å². The van der Waals surface area contributed by atoms with E-state index < -0.39 is 6.04 Å². The number of benzene rings is 1. The summed E-state index contributed by atoms with van der Waals surface area (Å²) in [7, 11) is 0. The molecule has 1 aliphatic carbocycles. The maximum absolute atomic E-state index is 13.0. The van der Waals surface area contributed by atoms with Gasteiger partial charge in [0.05, 0.1) is 22.9 Å². The second-order valence-corrected chi connectivity index (χ2v) is 9.42. The molecule has 7 nitrogen and oxygen atoms in total. The molecular weight excluding hydrogens is 412 g/mol. The number of likely N-dealkylation sites (tertiary alicyclic amines) is 1. The summed E-state index contributed by atoms with van der Waals surface area (Å²) in [6.07, 6.45) is 7.41. The fraction of sp³-hybridized carbons (Fsp3) is 0.565. The van der Waals surface area contributed by atoms with Crippen LogP contribution in [-0.2, 0) is 20.8 Å². The monoisotopic (exact) mass is 442 g/mol. The van der Waals surface area contributed by atoms with Crippen molar-refractivity contribution in [3.05, 3.63) is 30.1 Å². The van der Waals surface area contributed by atoms with E-state index >= 15 is 0 Å². The van der Waals surface area contributed by atoms with Crippen molar-refractivity contribution in [1.82, 2.24) is 20.2 Å². The Bertz CT molecular complexity index is 902. The van der Waals surface area contributed by atoms with Gasteiger partial charge in [0.25, 0.3) is 0 Å². The average Bonchev–Trinajstić information content (AvgIpc) is 3.31. The number of aromatic amines is 1. The minimum Gasteiger partial charge on any atom is -0.354 e. The van der Waals surface area contributed by atoms with Gasteiger partial charge in [-0.2, -0.15) is 11.8 Å². The number of carbonyl (C=O) groups is 3. The Hall–Kier alpha value is -2.35. The Balaban J connectivity index is 1.35. The number of rotatable bonds is 9. The molecule has 1 saturated carbocycles. The quantitative estimate of drug-likeness (QED) is 0.460. The van der Waals surface area contributed by atoms with Crippen LogP contribution < -0.4 is 5.32 Å². The maximum Gasteiger partial charge on any atom is 0.243 e. The lowest BCUT2D eigenvalue weighted by Crippen LogP contribution is -2.50. The fourth-order valence-electron chi connectivity index (χ4n) is 4.81. The number of aromatic nitrogens is 2. The van der Waals surface area contributed by atoms with Crippen LogP contribution >= 0.6 is 11.8 Å². The number of thioether (sulfide) groups is 1. The first kappa shape index (κ1) is 21.9. The van der Waals surface area contributed by atoms with Gasteiger partial charge in [-0.15, -0.1) is 0 Å². The number of imidazole rings is 1. The first-order chi connectivity index (χ1) is 15.1. The predicted molar refractivity (Wildman–Crippen MR) is 122 cm³/mol. The van der Waals surface area contributed by atoms with Gasteiger partial charge in [0.1, 0.15) is 11.9 Å². The molecule has 2 aromatic rings. The smallest absolute Gasteiger partial charge is 0.243 e. The Morgan fingerprint density at radius 1 is 1.23 bits per heavy atom. The van der Waals surface area contributed by atoms with Crippen molar-refractivity contribution in [3.8, 4) is 0 Å². The van der Waals surface area contributed by atoms with Gasteiger partial charge < -0.3 is 10.3 Å². The number of amides is 3. The number of imide groups is 1. The van der Waals surface area contributed by atoms with Crippen molar-refractivity contribution in [2.75, 3.05) is 18.6 Å². The highest BCUT2D eigenvalue weighted by Crippen LogP contribution is 2.39. The van der Waals surface area contributed by atoms with Crippen molar-refractivity contribution < 1.29 is 14.4 Å². The fourth-order valence-corrected chi connectivity index (χ4v) is 5.27. The van der Waals surface area contributed by atoms with Crippen molar-refractivity contribution in [2.45, 2.75) is 51.0 Å². The Labute approximate surface area is 186 Å². The lowest BCUT2D eigenvalue weighted by molar-refractivity contribution is -0.148. The van der Waals surface area contributed by atoms with E-state index in [9.17, 15) is 14.4 Å². The molecule has 2 aliphatic rings. The number of H-pyrrole nitrogens is 1. The van der Waals surface area contributed by atoms with Crippen LogP contribution in [0.25, 0.3) is 11.0 Å². The normalized spacial score (nSPS) is 22.0. The van der Waals surface area contributed by atoms with Gasteiger partial charge in [0, 0.05) is 13.0 Å². The second kappa shape index (κ2) is 9.85. The molecule has 1 aromatic carbocycles. The summed E-state index contributed by atoms with van der Waals surface area (Å²) in [5.41, 5.74) is 1.94. The van der Waals surface area contributed by atoms with E-state index in [-0.39, 0.29) is 29.6 Å². The first-order valence-corrected chi connectivity index (χ1v) is 12.6. The zero-order valence-corrected chi connectivity index (χ0v) is 18.7. The molecule has 31 heavy (non-hydrogen) atoms. The molecular formula is C23H30N4O3S. The summed E-state index contributed by atoms with van der Waals surface area (Å²) in [6, 6.07) is 7.18. The van der Waals surface area contributed by atoms with E-state index in [1.165, 1.54) is 4.90 Å². The van der Waals surface area contributed by atoms with E-state index in [2.05, 4.69) is 15.3 Å². The third-order valence-corrected chi connectivity index (χ3v) is 7.06. The lowest BCUT2D eigenvalue weighted by Gasteiger charge is -2.25. The molecule has 4 rings (SSSR count). The first-order valence-electron chi connectivity index (χ1n) is 11.2. The molecule has 166 valence electrons. The zero-order chi connectivity index (χ0) is 21.8. The molecule has 0 bridgehead atoms. The van der Waals surface area contributed by atoms with Crippen LogP contribution in [-0.4, -0.2) is 57.2 Å².